The van der Waals surface area contributed by atoms with E-state index in [2.05, 4.69) is 9.97 Å². The van der Waals surface area contributed by atoms with E-state index in [1.807, 2.05) is 29.0 Å². The van der Waals surface area contributed by atoms with Crippen molar-refractivity contribution in [2.45, 2.75) is 0 Å². The zero-order valence-corrected chi connectivity index (χ0v) is 12.4. The molecule has 0 saturated carbocycles. The van der Waals surface area contributed by atoms with Crippen LogP contribution in [0.2, 0.25) is 0 Å². The van der Waals surface area contributed by atoms with Crippen LogP contribution >= 0.6 is 0 Å². The van der Waals surface area contributed by atoms with Gasteiger partial charge in [-0.2, -0.15) is 0 Å². The maximum absolute atomic E-state index is 12.1. The highest BCUT2D eigenvalue weighted by molar-refractivity contribution is 7.89. The second kappa shape index (κ2) is 5.23. The van der Waals surface area contributed by atoms with E-state index in [4.69, 9.17) is 0 Å². The molecule has 0 spiro atoms. The Balaban J connectivity index is 2.14. The molecule has 112 valence electrons. The fraction of sp³-hybridized carbons (Fsp3) is 0.0714. The molecule has 1 N–H and O–H groups in total. The molecule has 0 aliphatic rings. The third-order valence-electron chi connectivity index (χ3n) is 2.99. The first-order valence-electron chi connectivity index (χ1n) is 6.35. The number of para-hydroxylation sites is 2. The summed E-state index contributed by atoms with van der Waals surface area (Å²) in [5.41, 5.74) is 1.67. The number of aromatic nitrogens is 3. The largest absolute Gasteiger partial charge is 0.282 e. The van der Waals surface area contributed by atoms with E-state index in [1.165, 1.54) is 12.3 Å². The van der Waals surface area contributed by atoms with Crippen LogP contribution in [0.3, 0.4) is 0 Å². The summed E-state index contributed by atoms with van der Waals surface area (Å²) in [6.07, 6.45) is 4.00. The van der Waals surface area contributed by atoms with Crippen LogP contribution in [0.1, 0.15) is 10.4 Å². The molecule has 0 atom stereocenters. The fourth-order valence-corrected chi connectivity index (χ4v) is 2.56. The summed E-state index contributed by atoms with van der Waals surface area (Å²) in [7, 11) is -3.65. The third kappa shape index (κ3) is 2.68. The minimum atomic E-state index is -3.65. The summed E-state index contributed by atoms with van der Waals surface area (Å²) in [4.78, 5) is 20.6. The van der Waals surface area contributed by atoms with Crippen molar-refractivity contribution in [2.75, 3.05) is 6.26 Å². The van der Waals surface area contributed by atoms with Crippen molar-refractivity contribution in [2.24, 2.45) is 0 Å². The summed E-state index contributed by atoms with van der Waals surface area (Å²) in [6, 6.07) is 10.5. The Hall–Kier alpha value is -2.74. The zero-order valence-electron chi connectivity index (χ0n) is 11.6. The quantitative estimate of drug-likeness (QED) is 0.781. The molecule has 0 unspecified atom stereocenters. The Labute approximate surface area is 126 Å². The molecule has 3 rings (SSSR count). The molecule has 0 aliphatic carbocycles. The molecule has 8 heteroatoms. The highest BCUT2D eigenvalue weighted by atomic mass is 32.2. The van der Waals surface area contributed by atoms with Gasteiger partial charge >= 0.3 is 0 Å². The average molecular weight is 316 g/mol. The molecule has 22 heavy (non-hydrogen) atoms. The van der Waals surface area contributed by atoms with E-state index >= 15 is 0 Å². The third-order valence-corrected chi connectivity index (χ3v) is 3.55. The monoisotopic (exact) mass is 316 g/mol. The first-order chi connectivity index (χ1) is 10.5. The van der Waals surface area contributed by atoms with Crippen LogP contribution in [0, 0.1) is 0 Å². The molecule has 0 fully saturated rings. The van der Waals surface area contributed by atoms with Gasteiger partial charge in [0.1, 0.15) is 6.33 Å². The van der Waals surface area contributed by atoms with E-state index in [9.17, 15) is 13.2 Å². The van der Waals surface area contributed by atoms with Crippen LogP contribution in [0.5, 0.6) is 0 Å². The Morgan fingerprint density at radius 3 is 2.68 bits per heavy atom. The standard InChI is InChI=1S/C14H12N4O3S/c1-22(20,21)17-14(19)10-5-4-8-15-13(10)18-9-16-11-6-2-3-7-12(11)18/h2-9H,1H3,(H,17,19). The molecule has 0 saturated heterocycles. The first kappa shape index (κ1) is 14.2. The van der Waals surface area contributed by atoms with Gasteiger partial charge in [0.15, 0.2) is 5.82 Å². The number of imidazole rings is 1. The summed E-state index contributed by atoms with van der Waals surface area (Å²) in [5.74, 6) is -0.416. The predicted octanol–water partition coefficient (Wildman–Crippen LogP) is 1.11. The molecule has 1 amide bonds. The van der Waals surface area contributed by atoms with Gasteiger partial charge in [-0.25, -0.2) is 23.1 Å². The number of nitrogens with one attached hydrogen (secondary N) is 1. The van der Waals surface area contributed by atoms with E-state index in [-0.39, 0.29) is 5.56 Å². The SMILES string of the molecule is CS(=O)(=O)NC(=O)c1cccnc1-n1cnc2ccccc21. The number of amides is 1. The molecule has 2 aromatic heterocycles. The van der Waals surface area contributed by atoms with Crippen molar-refractivity contribution < 1.29 is 13.2 Å². The summed E-state index contributed by atoms with van der Waals surface area (Å²) >= 11 is 0. The van der Waals surface area contributed by atoms with Crippen molar-refractivity contribution >= 4 is 27.0 Å². The molecular formula is C14H12N4O3S. The average Bonchev–Trinajstić information content (AvgIpc) is 2.89. The Bertz CT molecular complexity index is 963. The van der Waals surface area contributed by atoms with Gasteiger partial charge in [0.25, 0.3) is 5.91 Å². The van der Waals surface area contributed by atoms with E-state index in [1.54, 1.807) is 17.0 Å². The second-order valence-electron chi connectivity index (χ2n) is 4.68. The van der Waals surface area contributed by atoms with E-state index < -0.39 is 15.9 Å². The maximum Gasteiger partial charge on any atom is 0.268 e. The lowest BCUT2D eigenvalue weighted by molar-refractivity contribution is 0.0981. The minimum Gasteiger partial charge on any atom is -0.282 e. The molecule has 0 aliphatic heterocycles. The zero-order chi connectivity index (χ0) is 15.7. The molecule has 3 aromatic rings. The van der Waals surface area contributed by atoms with Gasteiger partial charge in [-0.15, -0.1) is 0 Å². The number of rotatable bonds is 3. The lowest BCUT2D eigenvalue weighted by atomic mass is 10.2. The smallest absolute Gasteiger partial charge is 0.268 e. The number of hydrogen-bond donors (Lipinski definition) is 1. The minimum absolute atomic E-state index is 0.149. The van der Waals surface area contributed by atoms with Crippen LogP contribution < -0.4 is 4.72 Å². The molecule has 0 bridgehead atoms. The van der Waals surface area contributed by atoms with Crippen LogP contribution in [0.4, 0.5) is 0 Å². The number of carbonyl (C=O) groups excluding carboxylic acids is 1. The number of benzene rings is 1. The molecule has 7 nitrogen and oxygen atoms in total. The van der Waals surface area contributed by atoms with Gasteiger partial charge in [-0.1, -0.05) is 12.1 Å². The Kier molecular flexibility index (Phi) is 3.38. The summed E-state index contributed by atoms with van der Waals surface area (Å²) < 4.78 is 26.1. The first-order valence-corrected chi connectivity index (χ1v) is 8.24. The molecule has 0 radical (unpaired) electrons. The summed E-state index contributed by atoms with van der Waals surface area (Å²) in [6.45, 7) is 0. The number of nitrogens with zero attached hydrogens (tertiary/aromatic N) is 3. The van der Waals surface area contributed by atoms with E-state index in [0.717, 1.165) is 17.3 Å². The van der Waals surface area contributed by atoms with Gasteiger partial charge in [0, 0.05) is 6.20 Å². The molecule has 1 aromatic carbocycles. The lowest BCUT2D eigenvalue weighted by Gasteiger charge is -2.09. The van der Waals surface area contributed by atoms with E-state index in [0.29, 0.717) is 5.82 Å². The fourth-order valence-electron chi connectivity index (χ4n) is 2.12. The maximum atomic E-state index is 12.1. The molecular weight excluding hydrogens is 304 g/mol. The number of carbonyl (C=O) groups is 1. The van der Waals surface area contributed by atoms with Crippen molar-refractivity contribution in [3.63, 3.8) is 0 Å². The number of sulfonamides is 1. The molecule has 2 heterocycles. The van der Waals surface area contributed by atoms with Gasteiger partial charge in [0.05, 0.1) is 22.9 Å². The van der Waals surface area contributed by atoms with Crippen molar-refractivity contribution in [3.05, 3.63) is 54.5 Å². The number of fused-ring (bicyclic) bond motifs is 1. The highest BCUT2D eigenvalue weighted by Crippen LogP contribution is 2.19. The van der Waals surface area contributed by atoms with Crippen molar-refractivity contribution in [1.29, 1.82) is 0 Å². The Morgan fingerprint density at radius 1 is 1.14 bits per heavy atom. The van der Waals surface area contributed by atoms with Crippen LogP contribution in [-0.2, 0) is 10.0 Å². The van der Waals surface area contributed by atoms with Gasteiger partial charge in [0.2, 0.25) is 10.0 Å². The normalized spacial score (nSPS) is 11.5. The van der Waals surface area contributed by atoms with Crippen molar-refractivity contribution in [3.8, 4) is 5.82 Å². The predicted molar refractivity (Wildman–Crippen MR) is 81.2 cm³/mol. The van der Waals surface area contributed by atoms with Crippen LogP contribution in [0.25, 0.3) is 16.9 Å². The van der Waals surface area contributed by atoms with Crippen molar-refractivity contribution in [1.82, 2.24) is 19.3 Å². The Morgan fingerprint density at radius 2 is 1.91 bits per heavy atom. The summed E-state index contributed by atoms with van der Waals surface area (Å²) in [5, 5.41) is 0. The lowest BCUT2D eigenvalue weighted by Crippen LogP contribution is -2.30. The van der Waals surface area contributed by atoms with Gasteiger partial charge in [-0.05, 0) is 24.3 Å². The van der Waals surface area contributed by atoms with Crippen LogP contribution in [0.15, 0.2) is 48.9 Å². The van der Waals surface area contributed by atoms with Gasteiger partial charge < -0.3 is 0 Å². The number of hydrogen-bond acceptors (Lipinski definition) is 5. The van der Waals surface area contributed by atoms with Crippen LogP contribution in [-0.4, -0.2) is 35.1 Å². The number of pyridine rings is 1. The highest BCUT2D eigenvalue weighted by Gasteiger charge is 2.18. The van der Waals surface area contributed by atoms with Gasteiger partial charge in [-0.3, -0.25) is 9.36 Å². The topological polar surface area (TPSA) is 94.0 Å². The second-order valence-corrected chi connectivity index (χ2v) is 6.43.